The summed E-state index contributed by atoms with van der Waals surface area (Å²) < 4.78 is 0. The summed E-state index contributed by atoms with van der Waals surface area (Å²) in [7, 11) is 0. The van der Waals surface area contributed by atoms with E-state index in [0.29, 0.717) is 17.9 Å². The molecule has 0 aliphatic carbocycles. The lowest BCUT2D eigenvalue weighted by Crippen LogP contribution is -2.50. The minimum atomic E-state index is 0.0330. The number of carbonyl (C=O) groups excluding carboxylic acids is 2. The van der Waals surface area contributed by atoms with Gasteiger partial charge < -0.3 is 15.5 Å². The first kappa shape index (κ1) is 15.3. The third-order valence-electron chi connectivity index (χ3n) is 4.64. The van der Waals surface area contributed by atoms with Crippen LogP contribution in [0.1, 0.15) is 39.5 Å². The quantitative estimate of drug-likeness (QED) is 0.802. The van der Waals surface area contributed by atoms with Crippen LogP contribution in [0.4, 0.5) is 0 Å². The van der Waals surface area contributed by atoms with Gasteiger partial charge in [-0.3, -0.25) is 9.59 Å². The number of nitrogens with zero attached hydrogens (tertiary/aromatic N) is 1. The van der Waals surface area contributed by atoms with Gasteiger partial charge in [0.25, 0.3) is 0 Å². The van der Waals surface area contributed by atoms with Crippen molar-refractivity contribution in [3.63, 3.8) is 0 Å². The van der Waals surface area contributed by atoms with E-state index in [0.717, 1.165) is 51.9 Å². The zero-order valence-corrected chi connectivity index (χ0v) is 12.7. The van der Waals surface area contributed by atoms with Crippen molar-refractivity contribution in [2.45, 2.75) is 45.6 Å². The molecular formula is C15H27N3O2. The molecule has 2 rings (SSSR count). The monoisotopic (exact) mass is 281 g/mol. The predicted molar refractivity (Wildman–Crippen MR) is 78.2 cm³/mol. The zero-order valence-electron chi connectivity index (χ0n) is 12.7. The minimum Gasteiger partial charge on any atom is -0.356 e. The van der Waals surface area contributed by atoms with E-state index in [-0.39, 0.29) is 11.8 Å². The minimum absolute atomic E-state index is 0.0330. The average Bonchev–Trinajstić information content (AvgIpc) is 2.45. The van der Waals surface area contributed by atoms with Crippen molar-refractivity contribution in [1.82, 2.24) is 15.5 Å². The second kappa shape index (κ2) is 7.07. The molecule has 2 unspecified atom stereocenters. The molecule has 0 aromatic carbocycles. The molecule has 5 nitrogen and oxygen atoms in total. The number of rotatable bonds is 3. The number of carbonyl (C=O) groups is 2. The number of nitrogens with one attached hydrogen (secondary N) is 2. The molecular weight excluding hydrogens is 254 g/mol. The van der Waals surface area contributed by atoms with Gasteiger partial charge in [-0.15, -0.1) is 0 Å². The number of hydrogen-bond donors (Lipinski definition) is 2. The van der Waals surface area contributed by atoms with Crippen molar-refractivity contribution in [3.8, 4) is 0 Å². The molecule has 2 N–H and O–H groups in total. The fourth-order valence-electron chi connectivity index (χ4n) is 3.26. The summed E-state index contributed by atoms with van der Waals surface area (Å²) in [4.78, 5) is 25.5. The van der Waals surface area contributed by atoms with Gasteiger partial charge in [0.05, 0.1) is 5.92 Å². The number of hydrogen-bond acceptors (Lipinski definition) is 3. The topological polar surface area (TPSA) is 61.4 Å². The first-order valence-electron chi connectivity index (χ1n) is 7.84. The molecule has 2 heterocycles. The number of likely N-dealkylation sites (tertiary alicyclic amines) is 1. The lowest BCUT2D eigenvalue weighted by molar-refractivity contribution is -0.138. The highest BCUT2D eigenvalue weighted by molar-refractivity contribution is 5.79. The van der Waals surface area contributed by atoms with E-state index in [2.05, 4.69) is 17.6 Å². The summed E-state index contributed by atoms with van der Waals surface area (Å²) in [6, 6.07) is 0.299. The Kier molecular flexibility index (Phi) is 5.40. The Hall–Kier alpha value is -1.10. The molecule has 2 atom stereocenters. The van der Waals surface area contributed by atoms with E-state index >= 15 is 0 Å². The third kappa shape index (κ3) is 3.95. The first-order chi connectivity index (χ1) is 9.58. The highest BCUT2D eigenvalue weighted by Gasteiger charge is 2.32. The Morgan fingerprint density at radius 1 is 1.25 bits per heavy atom. The molecule has 2 fully saturated rings. The third-order valence-corrected chi connectivity index (χ3v) is 4.64. The Bertz CT molecular complexity index is 351. The van der Waals surface area contributed by atoms with Crippen molar-refractivity contribution in [2.24, 2.45) is 11.8 Å². The van der Waals surface area contributed by atoms with Crippen LogP contribution in [0.3, 0.4) is 0 Å². The molecule has 2 aliphatic rings. The smallest absolute Gasteiger partial charge is 0.227 e. The molecule has 2 saturated heterocycles. The van der Waals surface area contributed by atoms with Crippen LogP contribution < -0.4 is 10.6 Å². The highest BCUT2D eigenvalue weighted by atomic mass is 16.2. The Labute approximate surface area is 121 Å². The summed E-state index contributed by atoms with van der Waals surface area (Å²) in [5.74, 6) is 1.02. The maximum atomic E-state index is 12.6. The van der Waals surface area contributed by atoms with Gasteiger partial charge in [-0.2, -0.15) is 0 Å². The van der Waals surface area contributed by atoms with Crippen LogP contribution in [0.15, 0.2) is 0 Å². The molecule has 0 spiro atoms. The summed E-state index contributed by atoms with van der Waals surface area (Å²) in [5.41, 5.74) is 0. The average molecular weight is 281 g/mol. The maximum Gasteiger partial charge on any atom is 0.227 e. The maximum absolute atomic E-state index is 12.6. The van der Waals surface area contributed by atoms with E-state index in [9.17, 15) is 9.59 Å². The summed E-state index contributed by atoms with van der Waals surface area (Å²) >= 11 is 0. The van der Waals surface area contributed by atoms with Crippen LogP contribution in [0.25, 0.3) is 0 Å². The molecule has 2 amide bonds. The van der Waals surface area contributed by atoms with E-state index in [4.69, 9.17) is 0 Å². The molecule has 0 bridgehead atoms. The summed E-state index contributed by atoms with van der Waals surface area (Å²) in [6.07, 6.45) is 4.11. The second-order valence-corrected chi connectivity index (χ2v) is 6.20. The Balaban J connectivity index is 1.78. The Morgan fingerprint density at radius 2 is 1.95 bits per heavy atom. The molecule has 0 saturated carbocycles. The van der Waals surface area contributed by atoms with Gasteiger partial charge in [0, 0.05) is 32.6 Å². The standard InChI is InChI=1S/C15H27N3O2/c1-11-14(4-3-7-16-11)15(20)18-8-5-13(6-9-18)10-17-12(2)19/h11,13-14,16H,3-10H2,1-2H3,(H,17,19). The van der Waals surface area contributed by atoms with E-state index in [1.165, 1.54) is 0 Å². The van der Waals surface area contributed by atoms with E-state index in [1.807, 2.05) is 4.90 Å². The molecule has 5 heteroatoms. The van der Waals surface area contributed by atoms with E-state index < -0.39 is 0 Å². The fraction of sp³-hybridized carbons (Fsp3) is 0.867. The molecule has 2 aliphatic heterocycles. The SMILES string of the molecule is CC(=O)NCC1CCN(C(=O)C2CCCNC2C)CC1. The van der Waals surface area contributed by atoms with Gasteiger partial charge in [0.1, 0.15) is 0 Å². The predicted octanol–water partition coefficient (Wildman–Crippen LogP) is 0.749. The van der Waals surface area contributed by atoms with Crippen molar-refractivity contribution < 1.29 is 9.59 Å². The van der Waals surface area contributed by atoms with Crippen LogP contribution in [0.5, 0.6) is 0 Å². The first-order valence-corrected chi connectivity index (χ1v) is 7.84. The van der Waals surface area contributed by atoms with Crippen molar-refractivity contribution in [2.75, 3.05) is 26.2 Å². The van der Waals surface area contributed by atoms with Gasteiger partial charge >= 0.3 is 0 Å². The van der Waals surface area contributed by atoms with Gasteiger partial charge in [0.2, 0.25) is 11.8 Å². The Morgan fingerprint density at radius 3 is 2.55 bits per heavy atom. The molecule has 114 valence electrons. The van der Waals surface area contributed by atoms with Gasteiger partial charge in [-0.25, -0.2) is 0 Å². The van der Waals surface area contributed by atoms with Gasteiger partial charge in [-0.1, -0.05) is 0 Å². The summed E-state index contributed by atoms with van der Waals surface area (Å²) in [6.45, 7) is 7.13. The van der Waals surface area contributed by atoms with Crippen molar-refractivity contribution >= 4 is 11.8 Å². The van der Waals surface area contributed by atoms with Crippen LogP contribution in [-0.2, 0) is 9.59 Å². The lowest BCUT2D eigenvalue weighted by atomic mass is 9.89. The molecule has 0 radical (unpaired) electrons. The summed E-state index contributed by atoms with van der Waals surface area (Å²) in [5, 5.41) is 6.28. The second-order valence-electron chi connectivity index (χ2n) is 6.20. The van der Waals surface area contributed by atoms with Crippen molar-refractivity contribution in [1.29, 1.82) is 0 Å². The zero-order chi connectivity index (χ0) is 14.5. The number of piperidine rings is 2. The number of amides is 2. The normalized spacial score (nSPS) is 28.2. The van der Waals surface area contributed by atoms with Crippen LogP contribution in [0, 0.1) is 11.8 Å². The fourth-order valence-corrected chi connectivity index (χ4v) is 3.26. The molecule has 20 heavy (non-hydrogen) atoms. The highest BCUT2D eigenvalue weighted by Crippen LogP contribution is 2.23. The van der Waals surface area contributed by atoms with Crippen LogP contribution in [-0.4, -0.2) is 48.9 Å². The largest absolute Gasteiger partial charge is 0.356 e. The lowest BCUT2D eigenvalue weighted by Gasteiger charge is -2.37. The van der Waals surface area contributed by atoms with Crippen molar-refractivity contribution in [3.05, 3.63) is 0 Å². The van der Waals surface area contributed by atoms with Gasteiger partial charge in [-0.05, 0) is 45.1 Å². The molecule has 0 aromatic heterocycles. The van der Waals surface area contributed by atoms with E-state index in [1.54, 1.807) is 6.92 Å². The van der Waals surface area contributed by atoms with Crippen LogP contribution in [0.2, 0.25) is 0 Å². The molecule has 0 aromatic rings. The van der Waals surface area contributed by atoms with Gasteiger partial charge in [0.15, 0.2) is 0 Å². The van der Waals surface area contributed by atoms with Crippen LogP contribution >= 0.6 is 0 Å².